The molecule has 27 heavy (non-hydrogen) atoms. The van der Waals surface area contributed by atoms with Crippen LogP contribution in [-0.4, -0.2) is 44.2 Å². The molecule has 0 fully saturated rings. The quantitative estimate of drug-likeness (QED) is 0.302. The van der Waals surface area contributed by atoms with Crippen molar-refractivity contribution in [1.82, 2.24) is 0 Å². The van der Waals surface area contributed by atoms with Gasteiger partial charge >= 0.3 is 11.9 Å². The molecule has 144 valence electrons. The largest absolute Gasteiger partial charge is 0.465 e. The average Bonchev–Trinajstić information content (AvgIpc) is 3.14. The number of nitro groups is 1. The Bertz CT molecular complexity index is 830. The number of nitrogens with zero attached hydrogens (tertiary/aromatic N) is 1. The van der Waals surface area contributed by atoms with Gasteiger partial charge in [0.05, 0.1) is 30.5 Å². The molecule has 0 saturated heterocycles. The summed E-state index contributed by atoms with van der Waals surface area (Å²) in [6, 6.07) is 5.31. The molecule has 0 amide bonds. The van der Waals surface area contributed by atoms with Gasteiger partial charge in [-0.2, -0.15) is 0 Å². The number of benzene rings is 1. The van der Waals surface area contributed by atoms with Gasteiger partial charge in [-0.15, -0.1) is 0 Å². The monoisotopic (exact) mass is 378 g/mol. The third kappa shape index (κ3) is 5.05. The third-order valence-corrected chi connectivity index (χ3v) is 3.54. The van der Waals surface area contributed by atoms with Crippen molar-refractivity contribution in [1.29, 1.82) is 0 Å². The van der Waals surface area contributed by atoms with E-state index in [2.05, 4.69) is 10.1 Å². The number of hydrogen-bond acceptors (Lipinski definition) is 9. The maximum atomic E-state index is 12.2. The molecule has 0 aliphatic rings. The van der Waals surface area contributed by atoms with E-state index in [1.54, 1.807) is 0 Å². The van der Waals surface area contributed by atoms with E-state index in [1.165, 1.54) is 38.7 Å². The lowest BCUT2D eigenvalue weighted by Gasteiger charge is -2.08. The lowest BCUT2D eigenvalue weighted by molar-refractivity contribution is -0.384. The minimum absolute atomic E-state index is 0.00911. The number of rotatable bonds is 9. The van der Waals surface area contributed by atoms with Crippen LogP contribution in [0.25, 0.3) is 0 Å². The van der Waals surface area contributed by atoms with E-state index in [1.807, 2.05) is 0 Å². The van der Waals surface area contributed by atoms with E-state index >= 15 is 0 Å². The molecule has 0 spiro atoms. The molecule has 2 rings (SSSR count). The molecule has 0 aliphatic heterocycles. The van der Waals surface area contributed by atoms with Crippen LogP contribution in [0.5, 0.6) is 0 Å². The molecule has 1 heterocycles. The summed E-state index contributed by atoms with van der Waals surface area (Å²) in [6.07, 6.45) is 1.26. The van der Waals surface area contributed by atoms with Crippen molar-refractivity contribution < 1.29 is 33.1 Å². The number of carbonyl (C=O) groups is 2. The number of methoxy groups -OCH3 is 2. The van der Waals surface area contributed by atoms with Crippen LogP contribution >= 0.6 is 0 Å². The fourth-order valence-electron chi connectivity index (χ4n) is 2.21. The molecular formula is C17H18N2O8. The Morgan fingerprint density at radius 2 is 2.00 bits per heavy atom. The smallest absolute Gasteiger partial charge is 0.341 e. The molecule has 1 aromatic heterocycles. The van der Waals surface area contributed by atoms with Crippen molar-refractivity contribution in [3.8, 4) is 0 Å². The standard InChI is InChI=1S/C17H18N2O8/c1-24-8-6-18-13-4-3-11(9-14(13)19(22)23)16(20)27-10-15-12(5-7-26-15)17(21)25-2/h3-5,7,9,18H,6,8,10H2,1-2H3. The van der Waals surface area contributed by atoms with Crippen LogP contribution in [0.3, 0.4) is 0 Å². The summed E-state index contributed by atoms with van der Waals surface area (Å²) in [5.41, 5.74) is 0.112. The number of furan rings is 1. The Balaban J connectivity index is 2.10. The number of nitro benzene ring substituents is 1. The first-order chi connectivity index (χ1) is 13.0. The summed E-state index contributed by atoms with van der Waals surface area (Å²) in [7, 11) is 2.73. The lowest BCUT2D eigenvalue weighted by Crippen LogP contribution is -2.11. The van der Waals surface area contributed by atoms with Crippen LogP contribution in [-0.2, 0) is 20.8 Å². The number of hydrogen-bond donors (Lipinski definition) is 1. The van der Waals surface area contributed by atoms with Crippen molar-refractivity contribution in [2.24, 2.45) is 0 Å². The molecule has 0 unspecified atom stereocenters. The number of nitrogens with one attached hydrogen (secondary N) is 1. The zero-order valence-electron chi connectivity index (χ0n) is 14.7. The van der Waals surface area contributed by atoms with Gasteiger partial charge in [0.15, 0.2) is 12.4 Å². The van der Waals surface area contributed by atoms with Gasteiger partial charge in [-0.05, 0) is 18.2 Å². The molecule has 0 aliphatic carbocycles. The molecule has 0 atom stereocenters. The first-order valence-electron chi connectivity index (χ1n) is 7.81. The van der Waals surface area contributed by atoms with Crippen molar-refractivity contribution in [3.05, 3.63) is 57.5 Å². The molecule has 1 aromatic carbocycles. The molecule has 1 N–H and O–H groups in total. The summed E-state index contributed by atoms with van der Waals surface area (Å²) in [4.78, 5) is 34.4. The molecule has 10 heteroatoms. The molecule has 2 aromatic rings. The van der Waals surface area contributed by atoms with E-state index < -0.39 is 16.9 Å². The van der Waals surface area contributed by atoms with E-state index in [4.69, 9.17) is 13.9 Å². The van der Waals surface area contributed by atoms with Crippen LogP contribution in [0.1, 0.15) is 26.5 Å². The van der Waals surface area contributed by atoms with Gasteiger partial charge in [-0.3, -0.25) is 10.1 Å². The van der Waals surface area contributed by atoms with E-state index in [9.17, 15) is 19.7 Å². The average molecular weight is 378 g/mol. The summed E-state index contributed by atoms with van der Waals surface area (Å²) >= 11 is 0. The summed E-state index contributed by atoms with van der Waals surface area (Å²) in [5, 5.41) is 14.1. The van der Waals surface area contributed by atoms with Gasteiger partial charge in [-0.1, -0.05) is 0 Å². The number of carbonyl (C=O) groups excluding carboxylic acids is 2. The Kier molecular flexibility index (Phi) is 6.89. The van der Waals surface area contributed by atoms with E-state index in [0.717, 1.165) is 6.07 Å². The highest BCUT2D eigenvalue weighted by atomic mass is 16.6. The lowest BCUT2D eigenvalue weighted by atomic mass is 10.1. The number of ether oxygens (including phenoxy) is 3. The highest BCUT2D eigenvalue weighted by Crippen LogP contribution is 2.26. The molecule has 10 nitrogen and oxygen atoms in total. The Hall–Kier alpha value is -3.40. The second kappa shape index (κ2) is 9.34. The molecule has 0 saturated carbocycles. The van der Waals surface area contributed by atoms with Crippen LogP contribution < -0.4 is 5.32 Å². The minimum Gasteiger partial charge on any atom is -0.465 e. The number of anilines is 1. The van der Waals surface area contributed by atoms with Crippen molar-refractivity contribution in [2.45, 2.75) is 6.61 Å². The predicted octanol–water partition coefficient (Wildman–Crippen LogP) is 2.39. The highest BCUT2D eigenvalue weighted by Gasteiger charge is 2.20. The fraction of sp³-hybridized carbons (Fsp3) is 0.294. The second-order valence-corrected chi connectivity index (χ2v) is 5.23. The molecular weight excluding hydrogens is 360 g/mol. The highest BCUT2D eigenvalue weighted by molar-refractivity contribution is 5.92. The predicted molar refractivity (Wildman–Crippen MR) is 92.6 cm³/mol. The van der Waals surface area contributed by atoms with Gasteiger partial charge in [-0.25, -0.2) is 9.59 Å². The zero-order valence-corrected chi connectivity index (χ0v) is 14.7. The zero-order chi connectivity index (χ0) is 19.8. The van der Waals surface area contributed by atoms with Crippen LogP contribution in [0.2, 0.25) is 0 Å². The van der Waals surface area contributed by atoms with Gasteiger partial charge in [0.2, 0.25) is 0 Å². The first-order valence-corrected chi connectivity index (χ1v) is 7.81. The summed E-state index contributed by atoms with van der Waals surface area (Å²) in [6.45, 7) is 0.417. The second-order valence-electron chi connectivity index (χ2n) is 5.23. The first kappa shape index (κ1) is 19.9. The summed E-state index contributed by atoms with van der Waals surface area (Å²) in [5.74, 6) is -1.31. The third-order valence-electron chi connectivity index (χ3n) is 3.54. The number of esters is 2. The molecule has 0 radical (unpaired) electrons. The Morgan fingerprint density at radius 1 is 1.22 bits per heavy atom. The normalized spacial score (nSPS) is 10.3. The van der Waals surface area contributed by atoms with E-state index in [-0.39, 0.29) is 34.9 Å². The molecule has 0 bridgehead atoms. The van der Waals surface area contributed by atoms with Crippen molar-refractivity contribution in [2.75, 3.05) is 32.7 Å². The topological polar surface area (TPSA) is 130 Å². The maximum absolute atomic E-state index is 12.2. The minimum atomic E-state index is -0.797. The SMILES string of the molecule is COCCNc1ccc(C(=O)OCc2occc2C(=O)OC)cc1[N+](=O)[O-]. The van der Waals surface area contributed by atoms with Crippen LogP contribution in [0.15, 0.2) is 34.9 Å². The van der Waals surface area contributed by atoms with Crippen molar-refractivity contribution in [3.63, 3.8) is 0 Å². The van der Waals surface area contributed by atoms with Crippen LogP contribution in [0.4, 0.5) is 11.4 Å². The summed E-state index contributed by atoms with van der Waals surface area (Å²) < 4.78 is 19.7. The van der Waals surface area contributed by atoms with Gasteiger partial charge < -0.3 is 23.9 Å². The van der Waals surface area contributed by atoms with Gasteiger partial charge in [0.1, 0.15) is 11.3 Å². The fourth-order valence-corrected chi connectivity index (χ4v) is 2.21. The Labute approximate surface area is 154 Å². The van der Waals surface area contributed by atoms with Crippen LogP contribution in [0, 0.1) is 10.1 Å². The Morgan fingerprint density at radius 3 is 2.67 bits per heavy atom. The van der Waals surface area contributed by atoms with Gasteiger partial charge in [0.25, 0.3) is 5.69 Å². The maximum Gasteiger partial charge on any atom is 0.341 e. The van der Waals surface area contributed by atoms with Crippen molar-refractivity contribution >= 4 is 23.3 Å². The van der Waals surface area contributed by atoms with Gasteiger partial charge in [0, 0.05) is 19.7 Å². The van der Waals surface area contributed by atoms with E-state index in [0.29, 0.717) is 13.2 Å².